The van der Waals surface area contributed by atoms with Gasteiger partial charge in [-0.2, -0.15) is 0 Å². The number of ketones is 1. The summed E-state index contributed by atoms with van der Waals surface area (Å²) in [5.41, 5.74) is 1.01. The molecule has 0 saturated carbocycles. The van der Waals surface area contributed by atoms with Crippen LogP contribution in [-0.2, 0) is 0 Å². The number of hydrogen-bond donors (Lipinski definition) is 0. The van der Waals surface area contributed by atoms with Crippen molar-refractivity contribution < 1.29 is 18.0 Å². The van der Waals surface area contributed by atoms with Crippen molar-refractivity contribution in [2.24, 2.45) is 0 Å². The fourth-order valence-corrected chi connectivity index (χ4v) is 2.48. The number of rotatable bonds is 5. The molecular weight excluding hydrogens is 322 g/mol. The van der Waals surface area contributed by atoms with Crippen LogP contribution in [0.25, 0.3) is 11.5 Å². The Morgan fingerprint density at radius 3 is 2.22 bits per heavy atom. The highest BCUT2D eigenvalue weighted by atomic mass is 32.2. The molecule has 3 rings (SSSR count). The molecule has 2 aromatic carbocycles. The van der Waals surface area contributed by atoms with E-state index in [4.69, 9.17) is 4.42 Å². The van der Waals surface area contributed by atoms with Crippen molar-refractivity contribution >= 4 is 17.5 Å². The summed E-state index contributed by atoms with van der Waals surface area (Å²) in [6, 6.07) is 11.0. The SMILES string of the molecule is O=C(CSc1nnc(-c2ccc(F)cc2)o1)c1ccc(F)cc1. The Bertz CT molecular complexity index is 817. The average molecular weight is 332 g/mol. The molecule has 0 amide bonds. The van der Waals surface area contributed by atoms with E-state index in [1.54, 1.807) is 0 Å². The Hall–Kier alpha value is -2.54. The van der Waals surface area contributed by atoms with Crippen molar-refractivity contribution in [3.8, 4) is 11.5 Å². The molecule has 0 N–H and O–H groups in total. The number of Topliss-reactive ketones (excluding diaryl/α,β-unsaturated/α-hetero) is 1. The first-order valence-electron chi connectivity index (χ1n) is 6.63. The van der Waals surface area contributed by atoms with Gasteiger partial charge in [0.05, 0.1) is 5.75 Å². The lowest BCUT2D eigenvalue weighted by atomic mass is 10.1. The molecule has 0 spiro atoms. The van der Waals surface area contributed by atoms with E-state index in [1.165, 1.54) is 48.5 Å². The van der Waals surface area contributed by atoms with Crippen LogP contribution in [0.4, 0.5) is 8.78 Å². The lowest BCUT2D eigenvalue weighted by Gasteiger charge is -1.98. The lowest BCUT2D eigenvalue weighted by molar-refractivity contribution is 0.102. The van der Waals surface area contributed by atoms with Gasteiger partial charge in [-0.15, -0.1) is 10.2 Å². The van der Waals surface area contributed by atoms with E-state index in [1.807, 2.05) is 0 Å². The van der Waals surface area contributed by atoms with Crippen molar-refractivity contribution in [1.82, 2.24) is 10.2 Å². The standard InChI is InChI=1S/C16H10F2N2O2S/c17-12-5-1-10(2-6-12)14(21)9-23-16-20-19-15(22-16)11-3-7-13(18)8-4-11/h1-8H,9H2. The third kappa shape index (κ3) is 3.81. The number of benzene rings is 2. The summed E-state index contributed by atoms with van der Waals surface area (Å²) < 4.78 is 31.1. The normalized spacial score (nSPS) is 10.7. The van der Waals surface area contributed by atoms with Gasteiger partial charge in [-0.1, -0.05) is 11.8 Å². The second-order valence-electron chi connectivity index (χ2n) is 4.60. The largest absolute Gasteiger partial charge is 0.411 e. The maximum atomic E-state index is 12.9. The summed E-state index contributed by atoms with van der Waals surface area (Å²) in [6.07, 6.45) is 0. The average Bonchev–Trinajstić information content (AvgIpc) is 3.03. The van der Waals surface area contributed by atoms with Crippen LogP contribution in [0.3, 0.4) is 0 Å². The van der Waals surface area contributed by atoms with Gasteiger partial charge in [-0.3, -0.25) is 4.79 Å². The molecule has 23 heavy (non-hydrogen) atoms. The Morgan fingerprint density at radius 2 is 1.57 bits per heavy atom. The Kier molecular flexibility index (Phi) is 4.47. The zero-order valence-corrected chi connectivity index (χ0v) is 12.5. The highest BCUT2D eigenvalue weighted by molar-refractivity contribution is 7.99. The van der Waals surface area contributed by atoms with Gasteiger partial charge in [0, 0.05) is 11.1 Å². The molecule has 0 bridgehead atoms. The molecule has 0 radical (unpaired) electrons. The topological polar surface area (TPSA) is 56.0 Å². The van der Waals surface area contributed by atoms with Crippen LogP contribution < -0.4 is 0 Å². The highest BCUT2D eigenvalue weighted by Crippen LogP contribution is 2.24. The second kappa shape index (κ2) is 6.70. The van der Waals surface area contributed by atoms with Crippen molar-refractivity contribution in [2.45, 2.75) is 5.22 Å². The van der Waals surface area contributed by atoms with Crippen LogP contribution in [0, 0.1) is 11.6 Å². The summed E-state index contributed by atoms with van der Waals surface area (Å²) in [7, 11) is 0. The molecular formula is C16H10F2N2O2S. The van der Waals surface area contributed by atoms with Gasteiger partial charge in [0.2, 0.25) is 5.89 Å². The molecule has 0 aliphatic heterocycles. The molecule has 7 heteroatoms. The number of carbonyl (C=O) groups is 1. The zero-order chi connectivity index (χ0) is 16.2. The molecule has 0 saturated heterocycles. The van der Waals surface area contributed by atoms with E-state index in [-0.39, 0.29) is 28.5 Å². The van der Waals surface area contributed by atoms with Gasteiger partial charge < -0.3 is 4.42 Å². The molecule has 0 fully saturated rings. The number of aromatic nitrogens is 2. The third-order valence-corrected chi connectivity index (χ3v) is 3.81. The summed E-state index contributed by atoms with van der Waals surface area (Å²) in [5, 5.41) is 7.93. The van der Waals surface area contributed by atoms with Crippen molar-refractivity contribution in [3.63, 3.8) is 0 Å². The van der Waals surface area contributed by atoms with Gasteiger partial charge in [0.25, 0.3) is 5.22 Å². The number of halogens is 2. The minimum Gasteiger partial charge on any atom is -0.411 e. The molecule has 4 nitrogen and oxygen atoms in total. The maximum absolute atomic E-state index is 12.9. The van der Waals surface area contributed by atoms with Crippen LogP contribution >= 0.6 is 11.8 Å². The molecule has 1 aromatic heterocycles. The van der Waals surface area contributed by atoms with Gasteiger partial charge in [0.15, 0.2) is 5.78 Å². The van der Waals surface area contributed by atoms with Crippen LogP contribution in [0.1, 0.15) is 10.4 Å². The third-order valence-electron chi connectivity index (χ3n) is 2.99. The van der Waals surface area contributed by atoms with Crippen molar-refractivity contribution in [3.05, 3.63) is 65.7 Å². The number of thioether (sulfide) groups is 1. The van der Waals surface area contributed by atoms with Crippen LogP contribution in [-0.4, -0.2) is 21.7 Å². The molecule has 116 valence electrons. The number of nitrogens with zero attached hydrogens (tertiary/aromatic N) is 2. The van der Waals surface area contributed by atoms with Gasteiger partial charge >= 0.3 is 0 Å². The van der Waals surface area contributed by atoms with E-state index in [0.29, 0.717) is 11.1 Å². The maximum Gasteiger partial charge on any atom is 0.277 e. The van der Waals surface area contributed by atoms with E-state index in [2.05, 4.69) is 10.2 Å². The zero-order valence-electron chi connectivity index (χ0n) is 11.7. The Labute approximate surface area is 134 Å². The summed E-state index contributed by atoms with van der Waals surface area (Å²) in [4.78, 5) is 12.0. The first-order valence-corrected chi connectivity index (χ1v) is 7.61. The fraction of sp³-hybridized carbons (Fsp3) is 0.0625. The first kappa shape index (κ1) is 15.4. The fourth-order valence-electron chi connectivity index (χ4n) is 1.82. The predicted octanol–water partition coefficient (Wildman–Crippen LogP) is 3.99. The molecule has 0 atom stereocenters. The van der Waals surface area contributed by atoms with Crippen molar-refractivity contribution in [2.75, 3.05) is 5.75 Å². The molecule has 3 aromatic rings. The summed E-state index contributed by atoms with van der Waals surface area (Å²) >= 11 is 1.09. The summed E-state index contributed by atoms with van der Waals surface area (Å²) in [6.45, 7) is 0. The van der Waals surface area contributed by atoms with E-state index in [9.17, 15) is 13.6 Å². The van der Waals surface area contributed by atoms with Crippen molar-refractivity contribution in [1.29, 1.82) is 0 Å². The minimum absolute atomic E-state index is 0.0939. The second-order valence-corrected chi connectivity index (χ2v) is 5.53. The van der Waals surface area contributed by atoms with E-state index >= 15 is 0 Å². The van der Waals surface area contributed by atoms with Crippen LogP contribution in [0.2, 0.25) is 0 Å². The van der Waals surface area contributed by atoms with Gasteiger partial charge in [-0.25, -0.2) is 8.78 Å². The molecule has 0 aliphatic carbocycles. The smallest absolute Gasteiger partial charge is 0.277 e. The lowest BCUT2D eigenvalue weighted by Crippen LogP contribution is -2.02. The quantitative estimate of drug-likeness (QED) is 0.522. The highest BCUT2D eigenvalue weighted by Gasteiger charge is 2.12. The predicted molar refractivity (Wildman–Crippen MR) is 81.1 cm³/mol. The van der Waals surface area contributed by atoms with E-state index in [0.717, 1.165) is 11.8 Å². The van der Waals surface area contributed by atoms with E-state index < -0.39 is 5.82 Å². The van der Waals surface area contributed by atoms with Crippen LogP contribution in [0.5, 0.6) is 0 Å². The molecule has 0 unspecified atom stereocenters. The Morgan fingerprint density at radius 1 is 0.957 bits per heavy atom. The first-order chi connectivity index (χ1) is 11.1. The minimum atomic E-state index is -0.393. The number of carbonyl (C=O) groups excluding carboxylic acids is 1. The number of hydrogen-bond acceptors (Lipinski definition) is 5. The van der Waals surface area contributed by atoms with Gasteiger partial charge in [0.1, 0.15) is 11.6 Å². The monoisotopic (exact) mass is 332 g/mol. The summed E-state index contributed by atoms with van der Waals surface area (Å²) in [5.74, 6) is -0.572. The Balaban J connectivity index is 1.64. The van der Waals surface area contributed by atoms with Crippen LogP contribution in [0.15, 0.2) is 58.2 Å². The molecule has 1 heterocycles. The van der Waals surface area contributed by atoms with Gasteiger partial charge in [-0.05, 0) is 48.5 Å². The molecule has 0 aliphatic rings.